The molecule has 55 heavy (non-hydrogen) atoms. The highest BCUT2D eigenvalue weighted by molar-refractivity contribution is 7.53. The summed E-state index contributed by atoms with van der Waals surface area (Å²) in [5.74, 6) is 3.35. The minimum Gasteiger partial charge on any atom is -0.382 e. The van der Waals surface area contributed by atoms with E-state index in [0.29, 0.717) is 46.4 Å². The number of carbonyl (C=O) groups excluding carboxylic acids is 1. The first kappa shape index (κ1) is 41.0. The van der Waals surface area contributed by atoms with Gasteiger partial charge in [0.1, 0.15) is 18.1 Å². The van der Waals surface area contributed by atoms with Gasteiger partial charge in [-0.3, -0.25) is 13.9 Å². The number of hydrogen-bond acceptors (Lipinski definition) is 9. The molecule has 7 rings (SSSR count). The first-order valence-corrected chi connectivity index (χ1v) is 23.3. The molecule has 4 fully saturated rings. The van der Waals surface area contributed by atoms with Gasteiger partial charge in [0.05, 0.1) is 25.1 Å². The summed E-state index contributed by atoms with van der Waals surface area (Å²) in [6.45, 7) is 27.4. The van der Waals surface area contributed by atoms with E-state index in [-0.39, 0.29) is 70.4 Å². The first-order valence-electron chi connectivity index (χ1n) is 21.3. The number of fused-ring (bicyclic) bond motifs is 6. The van der Waals surface area contributed by atoms with Gasteiger partial charge in [0.2, 0.25) is 0 Å². The molecule has 1 aliphatic heterocycles. The molecule has 0 spiro atoms. The molecule has 3 saturated carbocycles. The van der Waals surface area contributed by atoms with Crippen LogP contribution >= 0.6 is 7.60 Å². The lowest BCUT2D eigenvalue weighted by Crippen LogP contribution is -2.56. The molecule has 4 aliphatic carbocycles. The van der Waals surface area contributed by atoms with Gasteiger partial charge in [-0.1, -0.05) is 81.7 Å². The van der Waals surface area contributed by atoms with Crippen LogP contribution in [0, 0.1) is 69.0 Å². The summed E-state index contributed by atoms with van der Waals surface area (Å²) in [4.78, 5) is 27.0. The Balaban J connectivity index is 1.08. The summed E-state index contributed by atoms with van der Waals surface area (Å²) < 4.78 is 35.9. The van der Waals surface area contributed by atoms with Crippen molar-refractivity contribution < 1.29 is 23.1 Å². The fourth-order valence-corrected chi connectivity index (χ4v) is 13.7. The Morgan fingerprint density at radius 3 is 2.47 bits per heavy atom. The van der Waals surface area contributed by atoms with Gasteiger partial charge in [0.25, 0.3) is 0 Å². The van der Waals surface area contributed by atoms with Crippen LogP contribution in [0.25, 0.3) is 11.2 Å². The van der Waals surface area contributed by atoms with Crippen molar-refractivity contribution in [2.24, 2.45) is 69.0 Å². The molecule has 5 aliphatic rings. The lowest BCUT2D eigenvalue weighted by molar-refractivity contribution is -0.134. The predicted octanol–water partition coefficient (Wildman–Crippen LogP) is 10.3. The van der Waals surface area contributed by atoms with Gasteiger partial charge >= 0.3 is 7.60 Å². The highest BCUT2D eigenvalue weighted by Crippen LogP contribution is 2.72. The molecule has 15 atom stereocenters. The predicted molar refractivity (Wildman–Crippen MR) is 218 cm³/mol. The second-order valence-electron chi connectivity index (χ2n) is 21.0. The van der Waals surface area contributed by atoms with E-state index in [0.717, 1.165) is 51.4 Å². The number of nitrogens with zero attached hydrogens (tertiary/aromatic N) is 4. The van der Waals surface area contributed by atoms with Crippen molar-refractivity contribution in [2.45, 2.75) is 146 Å². The Morgan fingerprint density at radius 2 is 1.76 bits per heavy atom. The average molecular weight is 780 g/mol. The molecule has 2 aromatic heterocycles. The van der Waals surface area contributed by atoms with Crippen molar-refractivity contribution in [1.82, 2.24) is 19.5 Å². The Hall–Kier alpha value is -2.13. The number of hydrogen-bond donors (Lipinski definition) is 1. The molecule has 2 N–H and O–H groups in total. The van der Waals surface area contributed by atoms with Gasteiger partial charge in [-0.25, -0.2) is 15.0 Å². The van der Waals surface area contributed by atoms with Crippen molar-refractivity contribution in [1.29, 1.82) is 0 Å². The summed E-state index contributed by atoms with van der Waals surface area (Å²) in [5, 5.41) is 0. The van der Waals surface area contributed by atoms with Crippen molar-refractivity contribution >= 4 is 30.4 Å². The summed E-state index contributed by atoms with van der Waals surface area (Å²) in [7, 11) is -3.49. The van der Waals surface area contributed by atoms with Crippen LogP contribution in [0.4, 0.5) is 5.82 Å². The minimum absolute atomic E-state index is 0.0130. The van der Waals surface area contributed by atoms with Crippen LogP contribution in [-0.2, 0) is 23.1 Å². The van der Waals surface area contributed by atoms with Crippen molar-refractivity contribution in [3.8, 4) is 0 Å². The van der Waals surface area contributed by atoms with Crippen LogP contribution in [0.1, 0.15) is 134 Å². The summed E-state index contributed by atoms with van der Waals surface area (Å²) >= 11 is 0. The number of rotatable bonds is 10. The van der Waals surface area contributed by atoms with E-state index in [1.54, 1.807) is 13.0 Å². The maximum atomic E-state index is 14.4. The number of nitrogens with two attached hydrogens (primary N) is 1. The Kier molecular flexibility index (Phi) is 10.7. The number of allylic oxidation sites excluding steroid dienone is 2. The van der Waals surface area contributed by atoms with E-state index >= 15 is 0 Å². The number of nitrogen functional groups attached to an aromatic ring is 1. The molecule has 306 valence electrons. The van der Waals surface area contributed by atoms with E-state index in [1.165, 1.54) is 11.9 Å². The molecule has 0 bridgehead atoms. The van der Waals surface area contributed by atoms with E-state index in [4.69, 9.17) is 19.5 Å². The lowest BCUT2D eigenvalue weighted by Gasteiger charge is -2.61. The van der Waals surface area contributed by atoms with Crippen LogP contribution in [0.2, 0.25) is 0 Å². The standard InChI is InChI=1S/C44H70N5O5P/c1-25-19-33-34(50)20-32-31(42(33,9)21-26(25)2)14-18-43(10)30(13-17-44(32,43)11)29(5)35(15-16-41(6,7)8)54-55(12,51)52-22-36-27(3)28(4)40(53-36)49-24-48-37-38(45)46-23-47-39(37)49/h20,23-31,33,35-36,40H,13-19,21-22H2,1-12H3,(H2,45,46,47)/t25-,26+,27?,28?,29+,30-,31?,33+,35-,36?,40?,42-,43-,44+,55?/m1/s1. The van der Waals surface area contributed by atoms with Gasteiger partial charge in [0.15, 0.2) is 17.2 Å². The summed E-state index contributed by atoms with van der Waals surface area (Å²) in [6.07, 6.45) is 12.8. The third-order valence-corrected chi connectivity index (χ3v) is 17.9. The monoisotopic (exact) mass is 780 g/mol. The number of anilines is 1. The Morgan fingerprint density at radius 1 is 1.04 bits per heavy atom. The topological polar surface area (TPSA) is 131 Å². The van der Waals surface area contributed by atoms with Gasteiger partial charge < -0.3 is 19.5 Å². The van der Waals surface area contributed by atoms with Crippen molar-refractivity contribution in [3.05, 3.63) is 24.3 Å². The van der Waals surface area contributed by atoms with E-state index in [9.17, 15) is 9.36 Å². The van der Waals surface area contributed by atoms with Crippen LogP contribution in [0.15, 0.2) is 24.3 Å². The van der Waals surface area contributed by atoms with Gasteiger partial charge in [-0.15, -0.1) is 0 Å². The molecule has 6 unspecified atom stereocenters. The van der Waals surface area contributed by atoms with E-state index in [2.05, 4.69) is 97.2 Å². The normalized spacial score (nSPS) is 41.3. The largest absolute Gasteiger partial charge is 0.382 e. The summed E-state index contributed by atoms with van der Waals surface area (Å²) in [5.41, 5.74) is 8.80. The highest BCUT2D eigenvalue weighted by Gasteiger charge is 2.65. The molecule has 0 aromatic carbocycles. The van der Waals surface area contributed by atoms with Crippen LogP contribution < -0.4 is 5.73 Å². The molecular weight excluding hydrogens is 709 g/mol. The molecule has 1 saturated heterocycles. The second kappa shape index (κ2) is 14.3. The summed E-state index contributed by atoms with van der Waals surface area (Å²) in [6, 6.07) is 0. The van der Waals surface area contributed by atoms with Crippen molar-refractivity contribution in [2.75, 3.05) is 19.0 Å². The first-order chi connectivity index (χ1) is 25.6. The average Bonchev–Trinajstić information content (AvgIpc) is 3.74. The molecule has 2 aromatic rings. The maximum absolute atomic E-state index is 14.4. The zero-order chi connectivity index (χ0) is 40.0. The van der Waals surface area contributed by atoms with Crippen LogP contribution in [-0.4, -0.2) is 50.8 Å². The highest BCUT2D eigenvalue weighted by atomic mass is 31.2. The number of carbonyl (C=O) groups is 1. The number of aromatic nitrogens is 4. The molecule has 11 heteroatoms. The van der Waals surface area contributed by atoms with Gasteiger partial charge in [-0.2, -0.15) is 0 Å². The van der Waals surface area contributed by atoms with Crippen LogP contribution in [0.3, 0.4) is 0 Å². The maximum Gasteiger partial charge on any atom is 0.328 e. The molecule has 0 amide bonds. The Labute approximate surface area is 330 Å². The smallest absolute Gasteiger partial charge is 0.328 e. The van der Waals surface area contributed by atoms with Gasteiger partial charge in [-0.05, 0) is 115 Å². The molecule has 3 heterocycles. The minimum atomic E-state index is -3.49. The Bertz CT molecular complexity index is 1860. The zero-order valence-electron chi connectivity index (χ0n) is 35.8. The number of imidazole rings is 1. The van der Waals surface area contributed by atoms with E-state index < -0.39 is 7.60 Å². The fraction of sp³-hybridized carbons (Fsp3) is 0.818. The molecule has 10 nitrogen and oxygen atoms in total. The fourth-order valence-electron chi connectivity index (χ4n) is 12.5. The van der Waals surface area contributed by atoms with Gasteiger partial charge in [0, 0.05) is 18.5 Å². The lowest BCUT2D eigenvalue weighted by atomic mass is 9.42. The zero-order valence-corrected chi connectivity index (χ0v) is 36.7. The third kappa shape index (κ3) is 6.99. The third-order valence-electron chi connectivity index (χ3n) is 16.6. The second-order valence-corrected chi connectivity index (χ2v) is 23.0. The number of ketones is 1. The van der Waals surface area contributed by atoms with Crippen molar-refractivity contribution in [3.63, 3.8) is 0 Å². The van der Waals surface area contributed by atoms with E-state index in [1.807, 2.05) is 4.57 Å². The SMILES string of the molecule is CC1C(COP(C)(=O)O[C@H](CCC(C)(C)C)[C@@H](C)[C@H]2CC[C@@]3(C)C4=CC(=O)[C@@H]5C[C@@H](C)[C@@H](C)C[C@]5(C)C4CC[C@]23C)OC(n2cnc3c(N)ncnc32)C1C. The quantitative estimate of drug-likeness (QED) is 0.234. The molecular formula is C44H70N5O5P. The van der Waals surface area contributed by atoms with Crippen LogP contribution in [0.5, 0.6) is 0 Å². The molecule has 0 radical (unpaired) electrons. The number of ether oxygens (including phenoxy) is 1.